The Morgan fingerprint density at radius 1 is 0.882 bits per heavy atom. The van der Waals surface area contributed by atoms with E-state index in [2.05, 4.69) is 39.2 Å². The van der Waals surface area contributed by atoms with Crippen molar-refractivity contribution < 1.29 is 0 Å². The second-order valence-corrected chi connectivity index (χ2v) is 4.10. The molecule has 80 valence electrons. The second kappa shape index (κ2) is 3.04. The predicted molar refractivity (Wildman–Crippen MR) is 68.9 cm³/mol. The van der Waals surface area contributed by atoms with Crippen LogP contribution >= 0.6 is 0 Å². The van der Waals surface area contributed by atoms with Gasteiger partial charge in [0.15, 0.2) is 0 Å². The molecule has 2 aromatic heterocycles. The molecule has 0 spiro atoms. The van der Waals surface area contributed by atoms with Gasteiger partial charge in [0.05, 0.1) is 22.9 Å². The summed E-state index contributed by atoms with van der Waals surface area (Å²) in [5, 5.41) is 3.58. The third-order valence-electron chi connectivity index (χ3n) is 3.16. The highest BCUT2D eigenvalue weighted by molar-refractivity contribution is 6.17. The fraction of sp³-hybridized carbons (Fsp3) is 0. The Morgan fingerprint density at radius 2 is 1.76 bits per heavy atom. The highest BCUT2D eigenvalue weighted by Gasteiger charge is 2.06. The van der Waals surface area contributed by atoms with E-state index in [-0.39, 0.29) is 0 Å². The summed E-state index contributed by atoms with van der Waals surface area (Å²) in [6.07, 6.45) is 3.56. The number of imidazole rings is 1. The van der Waals surface area contributed by atoms with E-state index in [9.17, 15) is 0 Å². The number of H-pyrrole nitrogens is 1. The van der Waals surface area contributed by atoms with E-state index in [1.807, 2.05) is 18.3 Å². The molecule has 1 N–H and O–H groups in total. The zero-order chi connectivity index (χ0) is 11.2. The van der Waals surface area contributed by atoms with Crippen molar-refractivity contribution in [1.82, 2.24) is 15.0 Å². The fourth-order valence-corrected chi connectivity index (χ4v) is 2.39. The predicted octanol–water partition coefficient (Wildman–Crippen LogP) is 3.26. The van der Waals surface area contributed by atoms with Gasteiger partial charge in [0.1, 0.15) is 0 Å². The summed E-state index contributed by atoms with van der Waals surface area (Å²) in [6.45, 7) is 0. The van der Waals surface area contributed by atoms with Crippen molar-refractivity contribution in [3.8, 4) is 0 Å². The standard InChI is InChI=1S/C14H9N3/c1-2-10-11(15-7-1)5-3-9-4-6-12-14(13(9)10)17-8-16-12/h1-8H,(H,16,17). The fourth-order valence-electron chi connectivity index (χ4n) is 2.39. The molecule has 3 nitrogen and oxygen atoms in total. The van der Waals surface area contributed by atoms with Crippen molar-refractivity contribution in [3.63, 3.8) is 0 Å². The van der Waals surface area contributed by atoms with Crippen molar-refractivity contribution in [2.45, 2.75) is 0 Å². The lowest BCUT2D eigenvalue weighted by Gasteiger charge is -2.03. The molecule has 4 aromatic rings. The minimum atomic E-state index is 0.994. The quantitative estimate of drug-likeness (QED) is 0.461. The van der Waals surface area contributed by atoms with E-state index in [4.69, 9.17) is 0 Å². The molecule has 2 heterocycles. The van der Waals surface area contributed by atoms with Crippen LogP contribution in [0.3, 0.4) is 0 Å². The first-order valence-electron chi connectivity index (χ1n) is 5.53. The lowest BCUT2D eigenvalue weighted by Crippen LogP contribution is -1.82. The Balaban J connectivity index is 2.41. The molecule has 4 rings (SSSR count). The van der Waals surface area contributed by atoms with Crippen LogP contribution in [0.2, 0.25) is 0 Å². The van der Waals surface area contributed by atoms with Gasteiger partial charge in [-0.1, -0.05) is 18.2 Å². The van der Waals surface area contributed by atoms with Gasteiger partial charge in [0.25, 0.3) is 0 Å². The normalized spacial score (nSPS) is 11.5. The van der Waals surface area contributed by atoms with E-state index in [1.165, 1.54) is 16.2 Å². The number of hydrogen-bond donors (Lipinski definition) is 1. The molecule has 0 amide bonds. The lowest BCUT2D eigenvalue weighted by molar-refractivity contribution is 1.35. The maximum Gasteiger partial charge on any atom is 0.0932 e. The largest absolute Gasteiger partial charge is 0.344 e. The smallest absolute Gasteiger partial charge is 0.0932 e. The van der Waals surface area contributed by atoms with Gasteiger partial charge in [-0.15, -0.1) is 0 Å². The number of pyridine rings is 1. The molecule has 17 heavy (non-hydrogen) atoms. The highest BCUT2D eigenvalue weighted by Crippen LogP contribution is 2.29. The maximum atomic E-state index is 4.39. The number of nitrogens with zero attached hydrogens (tertiary/aromatic N) is 2. The van der Waals surface area contributed by atoms with Gasteiger partial charge < -0.3 is 4.98 Å². The van der Waals surface area contributed by atoms with Crippen molar-refractivity contribution in [1.29, 1.82) is 0 Å². The van der Waals surface area contributed by atoms with E-state index < -0.39 is 0 Å². The molecule has 0 unspecified atom stereocenters. The van der Waals surface area contributed by atoms with Crippen LogP contribution in [-0.4, -0.2) is 15.0 Å². The first-order chi connectivity index (χ1) is 8.43. The molecule has 0 aliphatic rings. The van der Waals surface area contributed by atoms with Crippen LogP contribution in [-0.2, 0) is 0 Å². The van der Waals surface area contributed by atoms with Crippen LogP contribution in [0.4, 0.5) is 0 Å². The molecule has 0 aliphatic carbocycles. The molecule has 0 atom stereocenters. The molecule has 0 saturated heterocycles. The highest BCUT2D eigenvalue weighted by atomic mass is 14.9. The number of aromatic nitrogens is 3. The van der Waals surface area contributed by atoms with Crippen molar-refractivity contribution in [3.05, 3.63) is 48.9 Å². The molecule has 0 bridgehead atoms. The van der Waals surface area contributed by atoms with Crippen molar-refractivity contribution >= 4 is 32.7 Å². The van der Waals surface area contributed by atoms with E-state index >= 15 is 0 Å². The molecule has 0 saturated carbocycles. The van der Waals surface area contributed by atoms with Crippen LogP contribution in [0.15, 0.2) is 48.9 Å². The third kappa shape index (κ3) is 1.11. The average Bonchev–Trinajstić information content (AvgIpc) is 2.86. The number of rotatable bonds is 0. The van der Waals surface area contributed by atoms with E-state index in [0.29, 0.717) is 0 Å². The van der Waals surface area contributed by atoms with Crippen LogP contribution in [0.5, 0.6) is 0 Å². The van der Waals surface area contributed by atoms with Crippen LogP contribution in [0, 0.1) is 0 Å². The Hall–Kier alpha value is -2.42. The summed E-state index contributed by atoms with van der Waals surface area (Å²) in [5.41, 5.74) is 3.09. The summed E-state index contributed by atoms with van der Waals surface area (Å²) < 4.78 is 0. The first kappa shape index (κ1) is 8.70. The van der Waals surface area contributed by atoms with Gasteiger partial charge in [-0.25, -0.2) is 4.98 Å². The average molecular weight is 219 g/mol. The van der Waals surface area contributed by atoms with Gasteiger partial charge in [0.2, 0.25) is 0 Å². The zero-order valence-corrected chi connectivity index (χ0v) is 9.01. The topological polar surface area (TPSA) is 41.6 Å². The summed E-state index contributed by atoms with van der Waals surface area (Å²) in [6, 6.07) is 12.4. The number of hydrogen-bond acceptors (Lipinski definition) is 2. The van der Waals surface area contributed by atoms with Crippen LogP contribution in [0.25, 0.3) is 32.7 Å². The molecular weight excluding hydrogens is 210 g/mol. The van der Waals surface area contributed by atoms with Crippen LogP contribution in [0.1, 0.15) is 0 Å². The Labute approximate surface area is 97.1 Å². The summed E-state index contributed by atoms with van der Waals surface area (Å²) in [7, 11) is 0. The van der Waals surface area contributed by atoms with Gasteiger partial charge in [-0.2, -0.15) is 0 Å². The SMILES string of the molecule is c1cnc2ccc3ccc4nc[nH]c4c3c2c1. The third-order valence-corrected chi connectivity index (χ3v) is 3.16. The summed E-state index contributed by atoms with van der Waals surface area (Å²) >= 11 is 0. The second-order valence-electron chi connectivity index (χ2n) is 4.10. The molecule has 0 fully saturated rings. The number of benzene rings is 2. The molecule has 3 heteroatoms. The Morgan fingerprint density at radius 3 is 2.71 bits per heavy atom. The van der Waals surface area contributed by atoms with Crippen molar-refractivity contribution in [2.24, 2.45) is 0 Å². The maximum absolute atomic E-state index is 4.39. The first-order valence-corrected chi connectivity index (χ1v) is 5.53. The van der Waals surface area contributed by atoms with Crippen molar-refractivity contribution in [2.75, 3.05) is 0 Å². The van der Waals surface area contributed by atoms with E-state index in [0.717, 1.165) is 16.6 Å². The molecule has 0 radical (unpaired) electrons. The van der Waals surface area contributed by atoms with Crippen LogP contribution < -0.4 is 0 Å². The van der Waals surface area contributed by atoms with Gasteiger partial charge in [-0.3, -0.25) is 4.98 Å². The molecule has 0 aliphatic heterocycles. The number of aromatic amines is 1. The Bertz CT molecular complexity index is 846. The minimum absolute atomic E-state index is 0.994. The minimum Gasteiger partial charge on any atom is -0.344 e. The molecular formula is C14H9N3. The number of fused-ring (bicyclic) bond motifs is 5. The van der Waals surface area contributed by atoms with Gasteiger partial charge in [0, 0.05) is 17.0 Å². The lowest BCUT2D eigenvalue weighted by atomic mass is 10.0. The molecule has 2 aromatic carbocycles. The Kier molecular flexibility index (Phi) is 1.56. The summed E-state index contributed by atoms with van der Waals surface area (Å²) in [4.78, 5) is 11.9. The monoisotopic (exact) mass is 219 g/mol. The zero-order valence-electron chi connectivity index (χ0n) is 9.01. The summed E-state index contributed by atoms with van der Waals surface area (Å²) in [5.74, 6) is 0. The van der Waals surface area contributed by atoms with E-state index in [1.54, 1.807) is 6.33 Å². The van der Waals surface area contributed by atoms with Gasteiger partial charge >= 0.3 is 0 Å². The number of nitrogens with one attached hydrogen (secondary N) is 1. The van der Waals surface area contributed by atoms with Gasteiger partial charge in [-0.05, 0) is 23.6 Å².